The van der Waals surface area contributed by atoms with Crippen LogP contribution >= 0.6 is 0 Å². The summed E-state index contributed by atoms with van der Waals surface area (Å²) in [6, 6.07) is 8.27. The molecule has 0 aromatic heterocycles. The third-order valence-electron chi connectivity index (χ3n) is 3.91. The second-order valence-electron chi connectivity index (χ2n) is 5.68. The summed E-state index contributed by atoms with van der Waals surface area (Å²) in [7, 11) is -0.0143. The van der Waals surface area contributed by atoms with Gasteiger partial charge in [-0.3, -0.25) is 0 Å². The summed E-state index contributed by atoms with van der Waals surface area (Å²) < 4.78 is 31.7. The minimum atomic E-state index is -3.22. The van der Waals surface area contributed by atoms with Crippen LogP contribution in [0.15, 0.2) is 24.3 Å². The summed E-state index contributed by atoms with van der Waals surface area (Å²) in [5, 5.41) is -0.340. The Kier molecular flexibility index (Phi) is 4.83. The van der Waals surface area contributed by atoms with Crippen LogP contribution in [-0.4, -0.2) is 45.3 Å². The van der Waals surface area contributed by atoms with E-state index >= 15 is 0 Å². The van der Waals surface area contributed by atoms with Crippen molar-refractivity contribution in [1.82, 2.24) is 4.31 Å². The number of nitrogens with zero attached hydrogens (tertiary/aromatic N) is 1. The van der Waals surface area contributed by atoms with Crippen molar-refractivity contribution in [2.45, 2.75) is 25.0 Å². The van der Waals surface area contributed by atoms with E-state index in [-0.39, 0.29) is 11.2 Å². The lowest BCUT2D eigenvalue weighted by Crippen LogP contribution is -2.44. The summed E-state index contributed by atoms with van der Waals surface area (Å²) >= 11 is 0. The fourth-order valence-corrected chi connectivity index (χ4v) is 4.25. The van der Waals surface area contributed by atoms with Crippen LogP contribution in [0, 0.1) is 12.8 Å². The Morgan fingerprint density at radius 3 is 2.50 bits per heavy atom. The zero-order valence-corrected chi connectivity index (χ0v) is 13.2. The molecule has 0 spiro atoms. The number of hydrogen-bond donors (Lipinski definition) is 0. The molecule has 1 saturated heterocycles. The Hall–Kier alpha value is -0.910. The van der Waals surface area contributed by atoms with E-state index in [0.29, 0.717) is 19.6 Å². The second kappa shape index (κ2) is 6.24. The van der Waals surface area contributed by atoms with Gasteiger partial charge in [0, 0.05) is 26.6 Å². The number of ether oxygens (including phenoxy) is 1. The molecule has 0 bridgehead atoms. The highest BCUT2D eigenvalue weighted by Gasteiger charge is 2.37. The number of benzene rings is 1. The fraction of sp³-hybridized carbons (Fsp3) is 0.600. The first-order valence-electron chi connectivity index (χ1n) is 6.96. The molecule has 5 heteroatoms. The minimum absolute atomic E-state index is 0.0267. The molecule has 0 radical (unpaired) electrons. The fourth-order valence-electron chi connectivity index (χ4n) is 2.66. The van der Waals surface area contributed by atoms with Gasteiger partial charge in [0.2, 0.25) is 10.0 Å². The van der Waals surface area contributed by atoms with Crippen LogP contribution in [0.4, 0.5) is 0 Å². The molecule has 1 heterocycles. The molecule has 0 unspecified atom stereocenters. The Labute approximate surface area is 121 Å². The third-order valence-corrected chi connectivity index (χ3v) is 6.32. The van der Waals surface area contributed by atoms with E-state index in [1.807, 2.05) is 6.92 Å². The number of rotatable bonds is 4. The smallest absolute Gasteiger partial charge is 0.216 e. The van der Waals surface area contributed by atoms with Crippen LogP contribution < -0.4 is 0 Å². The van der Waals surface area contributed by atoms with Crippen LogP contribution in [0.5, 0.6) is 0 Å². The zero-order chi connectivity index (χ0) is 14.8. The average Bonchev–Trinajstić information content (AvgIpc) is 2.41. The molecule has 1 aromatic rings. The van der Waals surface area contributed by atoms with Crippen LogP contribution in [0.3, 0.4) is 0 Å². The van der Waals surface area contributed by atoms with Gasteiger partial charge in [-0.05, 0) is 25.3 Å². The van der Waals surface area contributed by atoms with E-state index in [9.17, 15) is 8.42 Å². The molecule has 0 N–H and O–H groups in total. The normalized spacial score (nSPS) is 24.0. The van der Waals surface area contributed by atoms with Crippen molar-refractivity contribution in [3.63, 3.8) is 0 Å². The van der Waals surface area contributed by atoms with Crippen molar-refractivity contribution in [3.8, 4) is 0 Å². The van der Waals surface area contributed by atoms with Gasteiger partial charge in [-0.2, -0.15) is 0 Å². The SMILES string of the molecule is Cc1ccc(C[C@@H]2COCC[C@H]2S(=O)(=O)N(C)C)cc1. The minimum Gasteiger partial charge on any atom is -0.381 e. The Balaban J connectivity index is 2.17. The number of hydrogen-bond acceptors (Lipinski definition) is 3. The molecular weight excluding hydrogens is 274 g/mol. The van der Waals surface area contributed by atoms with Gasteiger partial charge in [-0.1, -0.05) is 29.8 Å². The second-order valence-corrected chi connectivity index (χ2v) is 8.04. The van der Waals surface area contributed by atoms with E-state index in [2.05, 4.69) is 24.3 Å². The van der Waals surface area contributed by atoms with Crippen LogP contribution in [0.2, 0.25) is 0 Å². The molecule has 1 aromatic carbocycles. The molecule has 2 rings (SSSR count). The molecule has 1 aliphatic heterocycles. The van der Waals surface area contributed by atoms with Gasteiger partial charge >= 0.3 is 0 Å². The lowest BCUT2D eigenvalue weighted by molar-refractivity contribution is 0.0563. The van der Waals surface area contributed by atoms with Gasteiger partial charge in [0.25, 0.3) is 0 Å². The topological polar surface area (TPSA) is 46.6 Å². The molecule has 0 saturated carbocycles. The number of aryl methyl sites for hydroxylation is 1. The molecule has 2 atom stereocenters. The third kappa shape index (κ3) is 3.40. The first kappa shape index (κ1) is 15.5. The summed E-state index contributed by atoms with van der Waals surface area (Å²) in [4.78, 5) is 0. The average molecular weight is 297 g/mol. The molecule has 1 aliphatic rings. The molecule has 20 heavy (non-hydrogen) atoms. The lowest BCUT2D eigenvalue weighted by atomic mass is 9.93. The van der Waals surface area contributed by atoms with Gasteiger partial charge < -0.3 is 4.74 Å². The van der Waals surface area contributed by atoms with E-state index in [1.165, 1.54) is 15.4 Å². The van der Waals surface area contributed by atoms with Crippen molar-refractivity contribution in [2.24, 2.45) is 5.92 Å². The van der Waals surface area contributed by atoms with E-state index < -0.39 is 10.0 Å². The Morgan fingerprint density at radius 2 is 1.90 bits per heavy atom. The van der Waals surface area contributed by atoms with Gasteiger partial charge in [0.15, 0.2) is 0 Å². The van der Waals surface area contributed by atoms with Gasteiger partial charge in [-0.25, -0.2) is 12.7 Å². The standard InChI is InChI=1S/C15H23NO3S/c1-12-4-6-13(7-5-12)10-14-11-19-9-8-15(14)20(17,18)16(2)3/h4-7,14-15H,8-11H2,1-3H3/t14-,15-/m1/s1. The largest absolute Gasteiger partial charge is 0.381 e. The van der Waals surface area contributed by atoms with Gasteiger partial charge in [0.1, 0.15) is 0 Å². The maximum Gasteiger partial charge on any atom is 0.216 e. The highest BCUT2D eigenvalue weighted by atomic mass is 32.2. The molecular formula is C15H23NO3S. The number of sulfonamides is 1. The summed E-state index contributed by atoms with van der Waals surface area (Å²) in [6.07, 6.45) is 1.33. The molecule has 0 amide bonds. The Bertz CT molecular complexity index is 537. The lowest BCUT2D eigenvalue weighted by Gasteiger charge is -2.33. The molecule has 0 aliphatic carbocycles. The van der Waals surface area contributed by atoms with Crippen LogP contribution in [0.25, 0.3) is 0 Å². The maximum absolute atomic E-state index is 12.4. The zero-order valence-electron chi connectivity index (χ0n) is 12.4. The van der Waals surface area contributed by atoms with E-state index in [0.717, 1.165) is 6.42 Å². The van der Waals surface area contributed by atoms with E-state index in [4.69, 9.17) is 4.74 Å². The van der Waals surface area contributed by atoms with Crippen molar-refractivity contribution >= 4 is 10.0 Å². The first-order valence-corrected chi connectivity index (χ1v) is 8.46. The van der Waals surface area contributed by atoms with Gasteiger partial charge in [-0.15, -0.1) is 0 Å². The van der Waals surface area contributed by atoms with Crippen molar-refractivity contribution in [1.29, 1.82) is 0 Å². The predicted octanol–water partition coefficient (Wildman–Crippen LogP) is 1.83. The quantitative estimate of drug-likeness (QED) is 0.852. The molecule has 1 fully saturated rings. The van der Waals surface area contributed by atoms with Crippen LogP contribution in [-0.2, 0) is 21.2 Å². The summed E-state index contributed by atoms with van der Waals surface area (Å²) in [6.45, 7) is 3.10. The van der Waals surface area contributed by atoms with Crippen molar-refractivity contribution in [2.75, 3.05) is 27.3 Å². The van der Waals surface area contributed by atoms with Crippen molar-refractivity contribution < 1.29 is 13.2 Å². The van der Waals surface area contributed by atoms with Crippen molar-refractivity contribution in [3.05, 3.63) is 35.4 Å². The maximum atomic E-state index is 12.4. The summed E-state index contributed by atoms with van der Waals surface area (Å²) in [5.41, 5.74) is 2.39. The van der Waals surface area contributed by atoms with Crippen LogP contribution in [0.1, 0.15) is 17.5 Å². The summed E-state index contributed by atoms with van der Waals surface area (Å²) in [5.74, 6) is 0.0267. The first-order chi connectivity index (χ1) is 9.41. The molecule has 4 nitrogen and oxygen atoms in total. The van der Waals surface area contributed by atoms with E-state index in [1.54, 1.807) is 14.1 Å². The van der Waals surface area contributed by atoms with Gasteiger partial charge in [0.05, 0.1) is 11.9 Å². The molecule has 112 valence electrons. The Morgan fingerprint density at radius 1 is 1.25 bits per heavy atom. The highest BCUT2D eigenvalue weighted by Crippen LogP contribution is 2.27. The predicted molar refractivity (Wildman–Crippen MR) is 80.2 cm³/mol. The highest BCUT2D eigenvalue weighted by molar-refractivity contribution is 7.89. The monoisotopic (exact) mass is 297 g/mol.